The van der Waals surface area contributed by atoms with Crippen molar-refractivity contribution in [1.29, 1.82) is 0 Å². The SMILES string of the molecule is CCN(C)c1nc(N)c(C(=O)NCc2cccc(C)n2)s1. The maximum atomic E-state index is 12.2. The number of amides is 1. The largest absolute Gasteiger partial charge is 0.382 e. The Labute approximate surface area is 128 Å². The number of hydrogen-bond acceptors (Lipinski definition) is 6. The molecule has 0 unspecified atom stereocenters. The van der Waals surface area contributed by atoms with E-state index in [0.29, 0.717) is 11.4 Å². The molecule has 7 heteroatoms. The van der Waals surface area contributed by atoms with E-state index in [2.05, 4.69) is 15.3 Å². The molecule has 0 aliphatic heterocycles. The highest BCUT2D eigenvalue weighted by atomic mass is 32.1. The number of aryl methyl sites for hydroxylation is 1. The van der Waals surface area contributed by atoms with Crippen molar-refractivity contribution in [3.8, 4) is 0 Å². The molecule has 0 aliphatic carbocycles. The third kappa shape index (κ3) is 3.69. The van der Waals surface area contributed by atoms with Gasteiger partial charge in [0.1, 0.15) is 10.7 Å². The number of thiazole rings is 1. The van der Waals surface area contributed by atoms with Gasteiger partial charge < -0.3 is 16.0 Å². The molecule has 0 saturated heterocycles. The minimum Gasteiger partial charge on any atom is -0.382 e. The zero-order valence-electron chi connectivity index (χ0n) is 12.4. The summed E-state index contributed by atoms with van der Waals surface area (Å²) in [5.41, 5.74) is 7.56. The summed E-state index contributed by atoms with van der Waals surface area (Å²) in [6, 6.07) is 5.71. The topological polar surface area (TPSA) is 84.1 Å². The number of rotatable bonds is 5. The van der Waals surface area contributed by atoms with Crippen LogP contribution in [0.2, 0.25) is 0 Å². The van der Waals surface area contributed by atoms with Crippen LogP contribution in [-0.4, -0.2) is 29.5 Å². The Morgan fingerprint density at radius 2 is 2.19 bits per heavy atom. The highest BCUT2D eigenvalue weighted by Crippen LogP contribution is 2.27. The summed E-state index contributed by atoms with van der Waals surface area (Å²) < 4.78 is 0. The summed E-state index contributed by atoms with van der Waals surface area (Å²) in [5, 5.41) is 3.57. The molecule has 1 amide bonds. The van der Waals surface area contributed by atoms with Gasteiger partial charge in [0, 0.05) is 19.3 Å². The first kappa shape index (κ1) is 15.2. The fourth-order valence-corrected chi connectivity index (χ4v) is 2.66. The number of nitrogens with two attached hydrogens (primary N) is 1. The van der Waals surface area contributed by atoms with E-state index >= 15 is 0 Å². The molecule has 2 rings (SSSR count). The Hall–Kier alpha value is -2.15. The number of nitrogens with zero attached hydrogens (tertiary/aromatic N) is 3. The molecule has 2 aromatic heterocycles. The second kappa shape index (κ2) is 6.53. The molecular formula is C14H19N5OS. The third-order valence-corrected chi connectivity index (χ3v) is 4.21. The maximum Gasteiger partial charge on any atom is 0.265 e. The highest BCUT2D eigenvalue weighted by molar-refractivity contribution is 7.18. The molecule has 0 spiro atoms. The number of aromatic nitrogens is 2. The average molecular weight is 305 g/mol. The Balaban J connectivity index is 2.05. The molecule has 0 bridgehead atoms. The van der Waals surface area contributed by atoms with Crippen LogP contribution in [-0.2, 0) is 6.54 Å². The minimum absolute atomic E-state index is 0.218. The minimum atomic E-state index is -0.218. The van der Waals surface area contributed by atoms with Crippen LogP contribution in [0.5, 0.6) is 0 Å². The summed E-state index contributed by atoms with van der Waals surface area (Å²) in [5.74, 6) is 0.0501. The normalized spacial score (nSPS) is 10.4. The van der Waals surface area contributed by atoms with Crippen LogP contribution >= 0.6 is 11.3 Å². The van der Waals surface area contributed by atoms with Gasteiger partial charge >= 0.3 is 0 Å². The first-order valence-corrected chi connectivity index (χ1v) is 7.51. The number of nitrogens with one attached hydrogen (secondary N) is 1. The first-order chi connectivity index (χ1) is 10.0. The lowest BCUT2D eigenvalue weighted by Crippen LogP contribution is -2.23. The van der Waals surface area contributed by atoms with Crippen molar-refractivity contribution in [2.75, 3.05) is 24.2 Å². The maximum absolute atomic E-state index is 12.2. The third-order valence-electron chi connectivity index (χ3n) is 3.03. The van der Waals surface area contributed by atoms with Gasteiger partial charge in [0.25, 0.3) is 5.91 Å². The van der Waals surface area contributed by atoms with Crippen LogP contribution in [0.4, 0.5) is 10.9 Å². The van der Waals surface area contributed by atoms with Crippen LogP contribution in [0.3, 0.4) is 0 Å². The van der Waals surface area contributed by atoms with E-state index in [1.165, 1.54) is 11.3 Å². The fourth-order valence-electron chi connectivity index (χ4n) is 1.73. The Morgan fingerprint density at radius 1 is 1.43 bits per heavy atom. The summed E-state index contributed by atoms with van der Waals surface area (Å²) in [6.45, 7) is 5.11. The molecular weight excluding hydrogens is 286 g/mol. The first-order valence-electron chi connectivity index (χ1n) is 6.69. The van der Waals surface area contributed by atoms with Crippen LogP contribution in [0, 0.1) is 6.92 Å². The predicted molar refractivity (Wildman–Crippen MR) is 85.6 cm³/mol. The molecule has 2 heterocycles. The van der Waals surface area contributed by atoms with Gasteiger partial charge in [0.05, 0.1) is 12.2 Å². The van der Waals surface area contributed by atoms with Crippen LogP contribution < -0.4 is 16.0 Å². The summed E-state index contributed by atoms with van der Waals surface area (Å²) in [4.78, 5) is 23.1. The summed E-state index contributed by atoms with van der Waals surface area (Å²) in [7, 11) is 1.91. The monoisotopic (exact) mass is 305 g/mol. The van der Waals surface area contributed by atoms with Gasteiger partial charge in [-0.1, -0.05) is 17.4 Å². The van der Waals surface area contributed by atoms with Crippen molar-refractivity contribution in [2.45, 2.75) is 20.4 Å². The van der Waals surface area contributed by atoms with E-state index in [1.54, 1.807) is 0 Å². The highest BCUT2D eigenvalue weighted by Gasteiger charge is 2.17. The second-order valence-electron chi connectivity index (χ2n) is 4.68. The Morgan fingerprint density at radius 3 is 2.86 bits per heavy atom. The Bertz CT molecular complexity index is 640. The molecule has 0 aromatic carbocycles. The fraction of sp³-hybridized carbons (Fsp3) is 0.357. The molecule has 0 aliphatic rings. The number of nitrogen functional groups attached to an aromatic ring is 1. The lowest BCUT2D eigenvalue weighted by Gasteiger charge is -2.10. The van der Waals surface area contributed by atoms with E-state index in [4.69, 9.17) is 5.73 Å². The van der Waals surface area contributed by atoms with Gasteiger partial charge in [0.15, 0.2) is 5.13 Å². The quantitative estimate of drug-likeness (QED) is 0.880. The number of anilines is 2. The lowest BCUT2D eigenvalue weighted by molar-refractivity contribution is 0.0955. The van der Waals surface area contributed by atoms with Gasteiger partial charge in [-0.15, -0.1) is 0 Å². The van der Waals surface area contributed by atoms with Crippen molar-refractivity contribution < 1.29 is 4.79 Å². The molecule has 2 aromatic rings. The van der Waals surface area contributed by atoms with E-state index < -0.39 is 0 Å². The second-order valence-corrected chi connectivity index (χ2v) is 5.66. The van der Waals surface area contributed by atoms with E-state index in [-0.39, 0.29) is 11.7 Å². The molecule has 3 N–H and O–H groups in total. The molecule has 0 radical (unpaired) electrons. The Kier molecular flexibility index (Phi) is 4.74. The summed E-state index contributed by atoms with van der Waals surface area (Å²) in [6.07, 6.45) is 0. The van der Waals surface area contributed by atoms with Crippen molar-refractivity contribution in [1.82, 2.24) is 15.3 Å². The zero-order chi connectivity index (χ0) is 15.4. The molecule has 0 saturated carbocycles. The van der Waals surface area contributed by atoms with Gasteiger partial charge in [0.2, 0.25) is 0 Å². The molecule has 0 fully saturated rings. The molecule has 6 nitrogen and oxygen atoms in total. The predicted octanol–water partition coefficient (Wildman–Crippen LogP) is 1.81. The van der Waals surface area contributed by atoms with Crippen molar-refractivity contribution in [3.63, 3.8) is 0 Å². The van der Waals surface area contributed by atoms with Gasteiger partial charge in [-0.2, -0.15) is 0 Å². The van der Waals surface area contributed by atoms with Crippen LogP contribution in [0.15, 0.2) is 18.2 Å². The number of carbonyl (C=O) groups excluding carboxylic acids is 1. The molecule has 112 valence electrons. The van der Waals surface area contributed by atoms with Gasteiger partial charge in [-0.05, 0) is 26.0 Å². The molecule has 0 atom stereocenters. The standard InChI is InChI=1S/C14H19N5OS/c1-4-19(3)14-18-12(15)11(21-14)13(20)16-8-10-7-5-6-9(2)17-10/h5-7H,4,8,15H2,1-3H3,(H,16,20). The zero-order valence-corrected chi connectivity index (χ0v) is 13.2. The number of hydrogen-bond donors (Lipinski definition) is 2. The van der Waals surface area contributed by atoms with E-state index in [1.807, 2.05) is 44.0 Å². The van der Waals surface area contributed by atoms with E-state index in [9.17, 15) is 4.79 Å². The van der Waals surface area contributed by atoms with Crippen LogP contribution in [0.25, 0.3) is 0 Å². The summed E-state index contributed by atoms with van der Waals surface area (Å²) >= 11 is 1.30. The number of pyridine rings is 1. The van der Waals surface area contributed by atoms with E-state index in [0.717, 1.165) is 23.1 Å². The lowest BCUT2D eigenvalue weighted by atomic mass is 10.3. The van der Waals surface area contributed by atoms with Crippen molar-refractivity contribution in [2.24, 2.45) is 0 Å². The van der Waals surface area contributed by atoms with Crippen LogP contribution in [0.1, 0.15) is 28.0 Å². The molecule has 21 heavy (non-hydrogen) atoms. The smallest absolute Gasteiger partial charge is 0.265 e. The van der Waals surface area contributed by atoms with Gasteiger partial charge in [-0.25, -0.2) is 4.98 Å². The number of carbonyl (C=O) groups is 1. The van der Waals surface area contributed by atoms with Crippen molar-refractivity contribution in [3.05, 3.63) is 34.5 Å². The van der Waals surface area contributed by atoms with Crippen molar-refractivity contribution >= 4 is 28.2 Å². The van der Waals surface area contributed by atoms with Gasteiger partial charge in [-0.3, -0.25) is 9.78 Å². The average Bonchev–Trinajstić information content (AvgIpc) is 2.86.